The van der Waals surface area contributed by atoms with Crippen molar-refractivity contribution < 1.29 is 31.3 Å². The van der Waals surface area contributed by atoms with Crippen molar-refractivity contribution in [2.75, 3.05) is 6.61 Å². The lowest BCUT2D eigenvalue weighted by molar-refractivity contribution is -0.00995. The van der Waals surface area contributed by atoms with Gasteiger partial charge in [0.25, 0.3) is 0 Å². The maximum Gasteiger partial charge on any atom is 0.367 e. The minimum atomic E-state index is -5.89. The van der Waals surface area contributed by atoms with Crippen LogP contribution in [0.15, 0.2) is 43.0 Å². The molecule has 0 aliphatic heterocycles. The summed E-state index contributed by atoms with van der Waals surface area (Å²) in [6.45, 7) is 1.80. The van der Waals surface area contributed by atoms with Crippen LogP contribution in [0.5, 0.6) is 0 Å². The van der Waals surface area contributed by atoms with E-state index in [-0.39, 0.29) is 5.56 Å². The average molecular weight is 341 g/mol. The molecule has 0 aliphatic carbocycles. The van der Waals surface area contributed by atoms with Gasteiger partial charge in [0.2, 0.25) is 0 Å². The van der Waals surface area contributed by atoms with Crippen LogP contribution in [0.3, 0.4) is 0 Å². The highest BCUT2D eigenvalue weighted by atomic mass is 32.2. The SMILES string of the molecule is C=Cc1ccc2cc(C(=O)OCC(F)(F)S(=O)(=O)[O-])ccc2c1. The molecule has 0 N–H and O–H groups in total. The summed E-state index contributed by atoms with van der Waals surface area (Å²) >= 11 is 0. The fraction of sp³-hybridized carbons (Fsp3) is 0.133. The number of hydrogen-bond donors (Lipinski definition) is 0. The maximum absolute atomic E-state index is 13.0. The maximum atomic E-state index is 13.0. The number of benzene rings is 2. The average Bonchev–Trinajstić information content (AvgIpc) is 2.50. The molecule has 0 fully saturated rings. The summed E-state index contributed by atoms with van der Waals surface area (Å²) in [6.07, 6.45) is 1.65. The molecule has 0 atom stereocenters. The van der Waals surface area contributed by atoms with Crippen LogP contribution in [0, 0.1) is 0 Å². The Kier molecular flexibility index (Phi) is 4.49. The van der Waals surface area contributed by atoms with Gasteiger partial charge in [-0.2, -0.15) is 8.78 Å². The molecule has 2 aromatic carbocycles. The molecular weight excluding hydrogens is 330 g/mol. The van der Waals surface area contributed by atoms with Crippen molar-refractivity contribution >= 4 is 32.9 Å². The van der Waals surface area contributed by atoms with Crippen molar-refractivity contribution in [1.82, 2.24) is 0 Å². The van der Waals surface area contributed by atoms with Crippen molar-refractivity contribution in [2.45, 2.75) is 5.25 Å². The third-order valence-electron chi connectivity index (χ3n) is 3.07. The molecule has 0 aromatic heterocycles. The fourth-order valence-corrected chi connectivity index (χ4v) is 2.03. The number of hydrogen-bond acceptors (Lipinski definition) is 5. The highest BCUT2D eigenvalue weighted by molar-refractivity contribution is 7.86. The van der Waals surface area contributed by atoms with Crippen molar-refractivity contribution in [3.8, 4) is 0 Å². The van der Waals surface area contributed by atoms with Gasteiger partial charge in [0.05, 0.1) is 5.56 Å². The zero-order valence-corrected chi connectivity index (χ0v) is 12.5. The predicted molar refractivity (Wildman–Crippen MR) is 79.0 cm³/mol. The summed E-state index contributed by atoms with van der Waals surface area (Å²) in [6, 6.07) is 9.62. The second-order valence-electron chi connectivity index (χ2n) is 4.69. The molecule has 23 heavy (non-hydrogen) atoms. The second kappa shape index (κ2) is 6.05. The molecule has 0 spiro atoms. The van der Waals surface area contributed by atoms with Gasteiger partial charge in [-0.3, -0.25) is 0 Å². The molecule has 122 valence electrons. The van der Waals surface area contributed by atoms with E-state index in [9.17, 15) is 26.5 Å². The molecule has 0 saturated heterocycles. The lowest BCUT2D eigenvalue weighted by Crippen LogP contribution is -2.34. The number of rotatable bonds is 5. The normalized spacial score (nSPS) is 12.1. The largest absolute Gasteiger partial charge is 0.743 e. The smallest absolute Gasteiger partial charge is 0.367 e. The van der Waals surface area contributed by atoms with Gasteiger partial charge in [0.1, 0.15) is 0 Å². The van der Waals surface area contributed by atoms with E-state index >= 15 is 0 Å². The summed E-state index contributed by atoms with van der Waals surface area (Å²) in [7, 11) is -5.89. The molecule has 0 aliphatic rings. The number of ether oxygens (including phenoxy) is 1. The molecule has 0 heterocycles. The molecule has 0 bridgehead atoms. The molecular formula is C15H11F2O5S-. The van der Waals surface area contributed by atoms with Crippen molar-refractivity contribution in [1.29, 1.82) is 0 Å². The van der Waals surface area contributed by atoms with Crippen LogP contribution in [-0.4, -0.2) is 30.8 Å². The number of alkyl halides is 2. The standard InChI is InChI=1S/C15H12F2O5S/c1-2-10-3-4-12-8-13(6-5-11(12)7-10)14(18)22-9-15(16,17)23(19,20)21/h2-8H,1,9H2,(H,19,20,21)/p-1. The molecule has 5 nitrogen and oxygen atoms in total. The van der Waals surface area contributed by atoms with Gasteiger partial charge in [0.15, 0.2) is 16.7 Å². The van der Waals surface area contributed by atoms with Gasteiger partial charge in [-0.25, -0.2) is 13.2 Å². The Morgan fingerprint density at radius 2 is 1.83 bits per heavy atom. The van der Waals surface area contributed by atoms with Gasteiger partial charge in [-0.05, 0) is 34.5 Å². The van der Waals surface area contributed by atoms with E-state index in [1.54, 1.807) is 24.3 Å². The lowest BCUT2D eigenvalue weighted by Gasteiger charge is -2.19. The first kappa shape index (κ1) is 17.0. The first-order valence-electron chi connectivity index (χ1n) is 6.31. The summed E-state index contributed by atoms with van der Waals surface area (Å²) < 4.78 is 61.1. The zero-order chi connectivity index (χ0) is 17.3. The second-order valence-corrected chi connectivity index (χ2v) is 6.20. The topological polar surface area (TPSA) is 83.5 Å². The lowest BCUT2D eigenvalue weighted by atomic mass is 10.0. The third kappa shape index (κ3) is 3.72. The first-order valence-corrected chi connectivity index (χ1v) is 7.71. The van der Waals surface area contributed by atoms with Crippen LogP contribution in [0.1, 0.15) is 15.9 Å². The molecule has 0 saturated carbocycles. The minimum absolute atomic E-state index is 0.0389. The Morgan fingerprint density at radius 1 is 1.22 bits per heavy atom. The number of carbonyl (C=O) groups excluding carboxylic acids is 1. The van der Waals surface area contributed by atoms with Gasteiger partial charge in [-0.1, -0.05) is 30.9 Å². The molecule has 2 rings (SSSR count). The minimum Gasteiger partial charge on any atom is -0.743 e. The van der Waals surface area contributed by atoms with Crippen LogP contribution in [-0.2, 0) is 14.9 Å². The summed E-state index contributed by atoms with van der Waals surface area (Å²) in [4.78, 5) is 11.7. The quantitative estimate of drug-likeness (QED) is 0.617. The highest BCUT2D eigenvalue weighted by Gasteiger charge is 2.39. The Morgan fingerprint density at radius 3 is 2.43 bits per heavy atom. The number of carbonyl (C=O) groups is 1. The van der Waals surface area contributed by atoms with Crippen LogP contribution in [0.4, 0.5) is 8.78 Å². The van der Waals surface area contributed by atoms with Crippen molar-refractivity contribution in [2.24, 2.45) is 0 Å². The number of fused-ring (bicyclic) bond motifs is 1. The number of esters is 1. The van der Waals surface area contributed by atoms with E-state index < -0.39 is 27.9 Å². The van der Waals surface area contributed by atoms with Gasteiger partial charge in [0, 0.05) is 0 Å². The fourth-order valence-electron chi connectivity index (χ4n) is 1.82. The summed E-state index contributed by atoms with van der Waals surface area (Å²) in [5, 5.41) is -3.21. The van der Waals surface area contributed by atoms with Gasteiger partial charge >= 0.3 is 11.2 Å². The molecule has 0 amide bonds. The predicted octanol–water partition coefficient (Wildman–Crippen LogP) is 2.78. The molecule has 0 radical (unpaired) electrons. The Bertz CT molecular complexity index is 875. The van der Waals surface area contributed by atoms with Gasteiger partial charge in [-0.15, -0.1) is 0 Å². The van der Waals surface area contributed by atoms with Crippen molar-refractivity contribution in [3.63, 3.8) is 0 Å². The Balaban J connectivity index is 2.20. The van der Waals surface area contributed by atoms with Gasteiger partial charge < -0.3 is 9.29 Å². The molecule has 8 heteroatoms. The third-order valence-corrected chi connectivity index (χ3v) is 3.92. The van der Waals surface area contributed by atoms with E-state index in [1.165, 1.54) is 12.1 Å². The van der Waals surface area contributed by atoms with Crippen LogP contribution in [0.2, 0.25) is 0 Å². The van der Waals surface area contributed by atoms with Crippen LogP contribution in [0.25, 0.3) is 16.8 Å². The van der Waals surface area contributed by atoms with E-state index in [1.807, 2.05) is 6.07 Å². The first-order chi connectivity index (χ1) is 10.6. The molecule has 2 aromatic rings. The van der Waals surface area contributed by atoms with E-state index in [4.69, 9.17) is 0 Å². The van der Waals surface area contributed by atoms with E-state index in [0.717, 1.165) is 10.9 Å². The van der Waals surface area contributed by atoms with Crippen molar-refractivity contribution in [3.05, 3.63) is 54.1 Å². The zero-order valence-electron chi connectivity index (χ0n) is 11.7. The monoisotopic (exact) mass is 341 g/mol. The highest BCUT2D eigenvalue weighted by Crippen LogP contribution is 2.22. The Hall–Kier alpha value is -2.32. The van der Waals surface area contributed by atoms with Crippen LogP contribution < -0.4 is 0 Å². The number of halogens is 2. The summed E-state index contributed by atoms with van der Waals surface area (Å²) in [5.41, 5.74) is 0.830. The van der Waals surface area contributed by atoms with Crippen LogP contribution >= 0.6 is 0 Å². The Labute approximate surface area is 130 Å². The molecule has 0 unspecified atom stereocenters. The van der Waals surface area contributed by atoms with E-state index in [2.05, 4.69) is 11.3 Å². The van der Waals surface area contributed by atoms with E-state index in [0.29, 0.717) is 5.39 Å². The summed E-state index contributed by atoms with van der Waals surface area (Å²) in [5.74, 6) is -1.15.